The minimum atomic E-state index is -0.433. The first-order valence-corrected chi connectivity index (χ1v) is 12.0. The standard InChI is InChI=1S/C26H23FN4O3S/c1-17(25(32)28-15-19-7-12-22-23(13-19)34-16-33-22)35-26-30-29-24(14-18-5-3-2-4-6-18)31(26)21-10-8-20(27)9-11-21/h2-13,17H,14-16H2,1H3,(H,28,32). The second kappa shape index (κ2) is 10.2. The van der Waals surface area contributed by atoms with E-state index in [0.717, 1.165) is 16.8 Å². The number of hydrogen-bond donors (Lipinski definition) is 1. The summed E-state index contributed by atoms with van der Waals surface area (Å²) in [6.45, 7) is 2.39. The van der Waals surface area contributed by atoms with E-state index in [1.54, 1.807) is 12.1 Å². The van der Waals surface area contributed by atoms with Crippen LogP contribution in [0.3, 0.4) is 0 Å². The number of carbonyl (C=O) groups is 1. The number of nitrogens with zero attached hydrogens (tertiary/aromatic N) is 3. The van der Waals surface area contributed by atoms with Crippen molar-refractivity contribution in [2.24, 2.45) is 0 Å². The van der Waals surface area contributed by atoms with Crippen molar-refractivity contribution in [1.29, 1.82) is 0 Å². The van der Waals surface area contributed by atoms with Crippen molar-refractivity contribution in [2.45, 2.75) is 30.3 Å². The molecule has 35 heavy (non-hydrogen) atoms. The SMILES string of the molecule is CC(Sc1nnc(Cc2ccccc2)n1-c1ccc(F)cc1)C(=O)NCc1ccc2c(c1)OCO2. The van der Waals surface area contributed by atoms with Crippen LogP contribution in [0.15, 0.2) is 78.0 Å². The number of amides is 1. The number of rotatable bonds is 8. The summed E-state index contributed by atoms with van der Waals surface area (Å²) in [6.07, 6.45) is 0.552. The van der Waals surface area contributed by atoms with E-state index in [1.165, 1.54) is 23.9 Å². The zero-order valence-corrected chi connectivity index (χ0v) is 19.8. The molecule has 0 fully saturated rings. The van der Waals surface area contributed by atoms with Crippen LogP contribution in [0.1, 0.15) is 23.9 Å². The largest absolute Gasteiger partial charge is 0.454 e. The molecule has 9 heteroatoms. The Kier molecular flexibility index (Phi) is 6.67. The van der Waals surface area contributed by atoms with E-state index in [2.05, 4.69) is 15.5 Å². The number of aromatic nitrogens is 3. The van der Waals surface area contributed by atoms with Crippen molar-refractivity contribution in [1.82, 2.24) is 20.1 Å². The molecule has 7 nitrogen and oxygen atoms in total. The van der Waals surface area contributed by atoms with E-state index in [-0.39, 0.29) is 18.5 Å². The Hall–Kier alpha value is -3.85. The lowest BCUT2D eigenvalue weighted by atomic mass is 10.1. The van der Waals surface area contributed by atoms with Crippen LogP contribution in [0.5, 0.6) is 11.5 Å². The molecule has 1 amide bonds. The molecule has 2 heterocycles. The molecule has 178 valence electrons. The Labute approximate surface area is 206 Å². The van der Waals surface area contributed by atoms with Gasteiger partial charge in [0.25, 0.3) is 0 Å². The second-order valence-electron chi connectivity index (χ2n) is 8.04. The molecular weight excluding hydrogens is 467 g/mol. The van der Waals surface area contributed by atoms with Crippen molar-refractivity contribution in [2.75, 3.05) is 6.79 Å². The Morgan fingerprint density at radius 3 is 2.60 bits per heavy atom. The summed E-state index contributed by atoms with van der Waals surface area (Å²) in [6, 6.07) is 21.7. The van der Waals surface area contributed by atoms with Crippen LogP contribution in [0.25, 0.3) is 5.69 Å². The maximum Gasteiger partial charge on any atom is 0.233 e. The molecule has 0 bridgehead atoms. The van der Waals surface area contributed by atoms with Gasteiger partial charge in [0.2, 0.25) is 12.7 Å². The number of nitrogens with one attached hydrogen (secondary N) is 1. The molecule has 1 atom stereocenters. The lowest BCUT2D eigenvalue weighted by Gasteiger charge is -2.14. The third-order valence-electron chi connectivity index (χ3n) is 5.55. The Bertz CT molecular complexity index is 1330. The van der Waals surface area contributed by atoms with Gasteiger partial charge in [0.05, 0.1) is 5.25 Å². The third-order valence-corrected chi connectivity index (χ3v) is 6.59. The summed E-state index contributed by atoms with van der Waals surface area (Å²) < 4.78 is 26.2. The highest BCUT2D eigenvalue weighted by Crippen LogP contribution is 2.32. The van der Waals surface area contributed by atoms with Crippen molar-refractivity contribution in [3.8, 4) is 17.2 Å². The highest BCUT2D eigenvalue weighted by molar-refractivity contribution is 8.00. The lowest BCUT2D eigenvalue weighted by molar-refractivity contribution is -0.120. The minimum absolute atomic E-state index is 0.133. The number of fused-ring (bicyclic) bond motifs is 1. The Balaban J connectivity index is 1.32. The van der Waals surface area contributed by atoms with Crippen LogP contribution < -0.4 is 14.8 Å². The van der Waals surface area contributed by atoms with Gasteiger partial charge in [-0.05, 0) is 54.4 Å². The Morgan fingerprint density at radius 1 is 1.03 bits per heavy atom. The summed E-state index contributed by atoms with van der Waals surface area (Å²) in [5, 5.41) is 11.8. The predicted octanol–water partition coefficient (Wildman–Crippen LogP) is 4.52. The van der Waals surface area contributed by atoms with Crippen LogP contribution in [0.2, 0.25) is 0 Å². The molecule has 4 aromatic rings. The van der Waals surface area contributed by atoms with Gasteiger partial charge in [0.1, 0.15) is 11.6 Å². The van der Waals surface area contributed by atoms with Crippen LogP contribution in [0.4, 0.5) is 4.39 Å². The number of halogens is 1. The molecule has 0 radical (unpaired) electrons. The summed E-state index contributed by atoms with van der Waals surface area (Å²) in [7, 11) is 0. The quantitative estimate of drug-likeness (QED) is 0.366. The lowest BCUT2D eigenvalue weighted by Crippen LogP contribution is -2.30. The fourth-order valence-corrected chi connectivity index (χ4v) is 4.63. The molecule has 3 aromatic carbocycles. The molecule has 1 unspecified atom stereocenters. The van der Waals surface area contributed by atoms with Crippen molar-refractivity contribution in [3.05, 3.63) is 95.6 Å². The fraction of sp³-hybridized carbons (Fsp3) is 0.192. The van der Waals surface area contributed by atoms with E-state index in [4.69, 9.17) is 9.47 Å². The number of carbonyl (C=O) groups excluding carboxylic acids is 1. The molecule has 1 aromatic heterocycles. The van der Waals surface area contributed by atoms with E-state index < -0.39 is 5.25 Å². The van der Waals surface area contributed by atoms with E-state index >= 15 is 0 Å². The molecule has 0 saturated heterocycles. The van der Waals surface area contributed by atoms with Gasteiger partial charge in [-0.15, -0.1) is 10.2 Å². The van der Waals surface area contributed by atoms with Crippen LogP contribution in [-0.2, 0) is 17.8 Å². The first-order chi connectivity index (χ1) is 17.1. The number of benzene rings is 3. The van der Waals surface area contributed by atoms with Crippen LogP contribution in [0, 0.1) is 5.82 Å². The van der Waals surface area contributed by atoms with Gasteiger partial charge in [0.15, 0.2) is 16.7 Å². The molecule has 0 saturated carbocycles. The van der Waals surface area contributed by atoms with E-state index in [0.29, 0.717) is 35.4 Å². The molecule has 0 aliphatic carbocycles. The van der Waals surface area contributed by atoms with Crippen LogP contribution >= 0.6 is 11.8 Å². The smallest absolute Gasteiger partial charge is 0.233 e. The molecule has 5 rings (SSSR count). The number of thioether (sulfide) groups is 1. The van der Waals surface area contributed by atoms with Gasteiger partial charge in [-0.1, -0.05) is 48.2 Å². The predicted molar refractivity (Wildman–Crippen MR) is 130 cm³/mol. The zero-order chi connectivity index (χ0) is 24.2. The van der Waals surface area contributed by atoms with Gasteiger partial charge >= 0.3 is 0 Å². The molecule has 1 aliphatic rings. The summed E-state index contributed by atoms with van der Waals surface area (Å²) in [5.41, 5.74) is 2.73. The normalized spacial score (nSPS) is 13.0. The monoisotopic (exact) mass is 490 g/mol. The third kappa shape index (κ3) is 5.30. The second-order valence-corrected chi connectivity index (χ2v) is 9.35. The van der Waals surface area contributed by atoms with Crippen molar-refractivity contribution < 1.29 is 18.7 Å². The average Bonchev–Trinajstić information content (AvgIpc) is 3.50. The van der Waals surface area contributed by atoms with E-state index in [1.807, 2.05) is 60.0 Å². The molecule has 1 N–H and O–H groups in total. The maximum absolute atomic E-state index is 13.6. The first kappa shape index (κ1) is 22.9. The van der Waals surface area contributed by atoms with Gasteiger partial charge < -0.3 is 14.8 Å². The number of ether oxygens (including phenoxy) is 2. The topological polar surface area (TPSA) is 78.3 Å². The molecular formula is C26H23FN4O3S. The van der Waals surface area contributed by atoms with Gasteiger partial charge in [-0.3, -0.25) is 9.36 Å². The van der Waals surface area contributed by atoms with E-state index in [9.17, 15) is 9.18 Å². The fourth-order valence-electron chi connectivity index (χ4n) is 3.71. The van der Waals surface area contributed by atoms with Crippen molar-refractivity contribution >= 4 is 17.7 Å². The van der Waals surface area contributed by atoms with Crippen molar-refractivity contribution in [3.63, 3.8) is 0 Å². The maximum atomic E-state index is 13.6. The summed E-state index contributed by atoms with van der Waals surface area (Å²) >= 11 is 1.30. The number of hydrogen-bond acceptors (Lipinski definition) is 6. The molecule has 1 aliphatic heterocycles. The summed E-state index contributed by atoms with van der Waals surface area (Å²) in [5.74, 6) is 1.63. The average molecular weight is 491 g/mol. The Morgan fingerprint density at radius 2 is 1.80 bits per heavy atom. The molecule has 0 spiro atoms. The highest BCUT2D eigenvalue weighted by Gasteiger charge is 2.22. The van der Waals surface area contributed by atoms with Crippen LogP contribution in [-0.4, -0.2) is 32.7 Å². The van der Waals surface area contributed by atoms with Gasteiger partial charge in [-0.25, -0.2) is 4.39 Å². The van der Waals surface area contributed by atoms with Gasteiger partial charge in [0, 0.05) is 18.7 Å². The zero-order valence-electron chi connectivity index (χ0n) is 19.0. The highest BCUT2D eigenvalue weighted by atomic mass is 32.2. The van der Waals surface area contributed by atoms with Gasteiger partial charge in [-0.2, -0.15) is 0 Å². The minimum Gasteiger partial charge on any atom is -0.454 e. The first-order valence-electron chi connectivity index (χ1n) is 11.1. The summed E-state index contributed by atoms with van der Waals surface area (Å²) in [4.78, 5) is 12.8.